The fourth-order valence-electron chi connectivity index (χ4n) is 1.49. The van der Waals surface area contributed by atoms with E-state index in [1.807, 2.05) is 6.20 Å². The molecule has 0 fully saturated rings. The maximum Gasteiger partial charge on any atom is 0.271 e. The fraction of sp³-hybridized carbons (Fsp3) is 0.100. The van der Waals surface area contributed by atoms with E-state index in [4.69, 9.17) is 0 Å². The van der Waals surface area contributed by atoms with E-state index < -0.39 is 4.92 Å². The molecule has 0 saturated heterocycles. The Morgan fingerprint density at radius 1 is 1.50 bits per heavy atom. The van der Waals surface area contributed by atoms with E-state index in [1.54, 1.807) is 6.07 Å². The van der Waals surface area contributed by atoms with Crippen LogP contribution in [0, 0.1) is 17.0 Å². The first kappa shape index (κ1) is 8.74. The standard InChI is InChI=1S/C10H9N2O2/c1-2-7-6-11-10-5-8(12(13)14)3-4-9(7)10/h3-6,11H,1-2H2. The summed E-state index contributed by atoms with van der Waals surface area (Å²) in [4.78, 5) is 13.1. The Kier molecular flexibility index (Phi) is 1.96. The van der Waals surface area contributed by atoms with Gasteiger partial charge in [-0.3, -0.25) is 10.1 Å². The Morgan fingerprint density at radius 2 is 2.29 bits per heavy atom. The highest BCUT2D eigenvalue weighted by Gasteiger charge is 2.08. The van der Waals surface area contributed by atoms with E-state index in [2.05, 4.69) is 11.9 Å². The van der Waals surface area contributed by atoms with Gasteiger partial charge in [0.1, 0.15) is 0 Å². The van der Waals surface area contributed by atoms with Gasteiger partial charge in [-0.25, -0.2) is 0 Å². The number of hydrogen-bond donors (Lipinski definition) is 1. The van der Waals surface area contributed by atoms with Gasteiger partial charge in [0.2, 0.25) is 0 Å². The third-order valence-electron chi connectivity index (χ3n) is 2.23. The van der Waals surface area contributed by atoms with Gasteiger partial charge >= 0.3 is 0 Å². The molecule has 1 N–H and O–H groups in total. The summed E-state index contributed by atoms with van der Waals surface area (Å²) < 4.78 is 0. The second kappa shape index (κ2) is 3.14. The molecule has 0 amide bonds. The first-order valence-electron chi connectivity index (χ1n) is 4.26. The maximum absolute atomic E-state index is 10.5. The van der Waals surface area contributed by atoms with Crippen molar-refractivity contribution in [1.82, 2.24) is 4.98 Å². The van der Waals surface area contributed by atoms with Gasteiger partial charge in [0.05, 0.1) is 10.4 Å². The zero-order valence-electron chi connectivity index (χ0n) is 7.49. The van der Waals surface area contributed by atoms with Crippen molar-refractivity contribution in [1.29, 1.82) is 0 Å². The molecule has 4 nitrogen and oxygen atoms in total. The molecule has 0 spiro atoms. The van der Waals surface area contributed by atoms with Crippen LogP contribution in [0.1, 0.15) is 5.56 Å². The minimum absolute atomic E-state index is 0.106. The van der Waals surface area contributed by atoms with Crippen LogP contribution in [0.25, 0.3) is 10.9 Å². The average Bonchev–Trinajstić information content (AvgIpc) is 2.59. The molecule has 1 radical (unpaired) electrons. The zero-order valence-corrected chi connectivity index (χ0v) is 7.49. The van der Waals surface area contributed by atoms with Gasteiger partial charge < -0.3 is 4.98 Å². The van der Waals surface area contributed by atoms with Crippen LogP contribution in [0.2, 0.25) is 0 Å². The van der Waals surface area contributed by atoms with Crippen molar-refractivity contribution in [2.24, 2.45) is 0 Å². The monoisotopic (exact) mass is 189 g/mol. The van der Waals surface area contributed by atoms with Crippen molar-refractivity contribution in [3.8, 4) is 0 Å². The van der Waals surface area contributed by atoms with E-state index in [0.717, 1.165) is 16.5 Å². The van der Waals surface area contributed by atoms with Crippen LogP contribution in [0.3, 0.4) is 0 Å². The van der Waals surface area contributed by atoms with Crippen molar-refractivity contribution in [2.75, 3.05) is 0 Å². The highest BCUT2D eigenvalue weighted by atomic mass is 16.6. The Hall–Kier alpha value is -1.84. The number of non-ortho nitro benzene ring substituents is 1. The van der Waals surface area contributed by atoms with Gasteiger partial charge in [0, 0.05) is 23.7 Å². The van der Waals surface area contributed by atoms with Crippen molar-refractivity contribution in [3.63, 3.8) is 0 Å². The number of nitro groups is 1. The molecule has 71 valence electrons. The largest absolute Gasteiger partial charge is 0.361 e. The Bertz CT molecular complexity index is 488. The molecule has 0 saturated carbocycles. The Balaban J connectivity index is 2.63. The van der Waals surface area contributed by atoms with Crippen LogP contribution >= 0.6 is 0 Å². The molecule has 1 aromatic carbocycles. The lowest BCUT2D eigenvalue weighted by molar-refractivity contribution is -0.384. The number of nitrogens with one attached hydrogen (secondary N) is 1. The summed E-state index contributed by atoms with van der Waals surface area (Å²) in [6, 6.07) is 4.80. The topological polar surface area (TPSA) is 58.9 Å². The lowest BCUT2D eigenvalue weighted by atomic mass is 10.1. The second-order valence-electron chi connectivity index (χ2n) is 3.05. The highest BCUT2D eigenvalue weighted by molar-refractivity contribution is 5.85. The van der Waals surface area contributed by atoms with Crippen LogP contribution in [-0.2, 0) is 6.42 Å². The maximum atomic E-state index is 10.5. The molecule has 4 heteroatoms. The second-order valence-corrected chi connectivity index (χ2v) is 3.05. The van der Waals surface area contributed by atoms with Crippen LogP contribution in [0.15, 0.2) is 24.4 Å². The SMILES string of the molecule is [CH2]Cc1c[nH]c2cc([N+](=O)[O-])ccc12. The van der Waals surface area contributed by atoms with E-state index in [9.17, 15) is 10.1 Å². The normalized spacial score (nSPS) is 10.6. The lowest BCUT2D eigenvalue weighted by Crippen LogP contribution is -1.86. The third kappa shape index (κ3) is 1.25. The van der Waals surface area contributed by atoms with E-state index >= 15 is 0 Å². The number of H-pyrrole nitrogens is 1. The molecule has 1 heterocycles. The first-order chi connectivity index (χ1) is 6.72. The minimum atomic E-state index is -0.399. The number of benzene rings is 1. The smallest absolute Gasteiger partial charge is 0.271 e. The predicted molar refractivity (Wildman–Crippen MR) is 54.0 cm³/mol. The number of aromatic nitrogens is 1. The molecular formula is C10H9N2O2. The number of nitro benzene ring substituents is 1. The van der Waals surface area contributed by atoms with E-state index in [0.29, 0.717) is 6.42 Å². The van der Waals surface area contributed by atoms with Crippen LogP contribution in [0.4, 0.5) is 5.69 Å². The summed E-state index contributed by atoms with van der Waals surface area (Å²) in [7, 11) is 0. The zero-order chi connectivity index (χ0) is 10.1. The fourth-order valence-corrected chi connectivity index (χ4v) is 1.49. The van der Waals surface area contributed by atoms with E-state index in [-0.39, 0.29) is 5.69 Å². The summed E-state index contributed by atoms with van der Waals surface area (Å²) in [5.74, 6) is 0. The van der Waals surface area contributed by atoms with Gasteiger partial charge in [0.25, 0.3) is 5.69 Å². The van der Waals surface area contributed by atoms with E-state index in [1.165, 1.54) is 12.1 Å². The molecule has 1 aromatic heterocycles. The number of fused-ring (bicyclic) bond motifs is 1. The van der Waals surface area contributed by atoms with Crippen LogP contribution < -0.4 is 0 Å². The summed E-state index contributed by atoms with van der Waals surface area (Å²) >= 11 is 0. The highest BCUT2D eigenvalue weighted by Crippen LogP contribution is 2.23. The van der Waals surface area contributed by atoms with Gasteiger partial charge in [-0.15, -0.1) is 0 Å². The lowest BCUT2D eigenvalue weighted by Gasteiger charge is -1.93. The molecule has 0 atom stereocenters. The quantitative estimate of drug-likeness (QED) is 0.582. The molecule has 14 heavy (non-hydrogen) atoms. The van der Waals surface area contributed by atoms with Gasteiger partial charge in [-0.05, 0) is 25.0 Å². The molecule has 0 aliphatic carbocycles. The van der Waals surface area contributed by atoms with Crippen molar-refractivity contribution in [3.05, 3.63) is 47.0 Å². The van der Waals surface area contributed by atoms with Gasteiger partial charge in [0.15, 0.2) is 0 Å². The molecule has 0 aliphatic heterocycles. The first-order valence-corrected chi connectivity index (χ1v) is 4.26. The molecule has 0 aliphatic rings. The summed E-state index contributed by atoms with van der Waals surface area (Å²) in [5, 5.41) is 11.5. The number of rotatable bonds is 2. The number of aromatic amines is 1. The van der Waals surface area contributed by atoms with Crippen LogP contribution in [-0.4, -0.2) is 9.91 Å². The molecule has 2 rings (SSSR count). The van der Waals surface area contributed by atoms with Crippen LogP contribution in [0.5, 0.6) is 0 Å². The van der Waals surface area contributed by atoms with Gasteiger partial charge in [-0.1, -0.05) is 0 Å². The summed E-state index contributed by atoms with van der Waals surface area (Å²) in [6.07, 6.45) is 2.51. The number of hydrogen-bond acceptors (Lipinski definition) is 2. The predicted octanol–water partition coefficient (Wildman–Crippen LogP) is 2.45. The Labute approximate surface area is 80.7 Å². The average molecular weight is 189 g/mol. The molecule has 2 aromatic rings. The summed E-state index contributed by atoms with van der Waals surface area (Å²) in [5.41, 5.74) is 1.97. The van der Waals surface area contributed by atoms with Crippen molar-refractivity contribution < 1.29 is 4.92 Å². The van der Waals surface area contributed by atoms with Crippen molar-refractivity contribution >= 4 is 16.6 Å². The third-order valence-corrected chi connectivity index (χ3v) is 2.23. The van der Waals surface area contributed by atoms with Gasteiger partial charge in [-0.2, -0.15) is 0 Å². The summed E-state index contributed by atoms with van der Waals surface area (Å²) in [6.45, 7) is 3.78. The Morgan fingerprint density at radius 3 is 2.93 bits per heavy atom. The van der Waals surface area contributed by atoms with Crippen molar-refractivity contribution in [2.45, 2.75) is 6.42 Å². The number of nitrogens with zero attached hydrogens (tertiary/aromatic N) is 1. The minimum Gasteiger partial charge on any atom is -0.361 e. The molecule has 0 unspecified atom stereocenters. The molecule has 0 bridgehead atoms. The molecular weight excluding hydrogens is 180 g/mol.